The average Bonchev–Trinajstić information content (AvgIpc) is 3.88. The van der Waals surface area contributed by atoms with Crippen LogP contribution < -0.4 is 9.80 Å². The van der Waals surface area contributed by atoms with Crippen LogP contribution in [0.2, 0.25) is 5.02 Å². The first-order valence-corrected chi connectivity index (χ1v) is 15.2. The van der Waals surface area contributed by atoms with Crippen LogP contribution in [0.5, 0.6) is 0 Å². The summed E-state index contributed by atoms with van der Waals surface area (Å²) in [6, 6.07) is 16.0. The van der Waals surface area contributed by atoms with E-state index >= 15 is 0 Å². The third-order valence-corrected chi connectivity index (χ3v) is 8.38. The van der Waals surface area contributed by atoms with Gasteiger partial charge in [0.1, 0.15) is 0 Å². The number of carbonyl (C=O) groups excluding carboxylic acids is 2. The summed E-state index contributed by atoms with van der Waals surface area (Å²) >= 11 is 6.47. The van der Waals surface area contributed by atoms with Gasteiger partial charge in [0.2, 0.25) is 11.9 Å². The summed E-state index contributed by atoms with van der Waals surface area (Å²) in [5.41, 5.74) is 3.37. The van der Waals surface area contributed by atoms with Gasteiger partial charge in [0, 0.05) is 75.7 Å². The highest BCUT2D eigenvalue weighted by Gasteiger charge is 2.35. The minimum Gasteiger partial charge on any atom is -0.378 e. The van der Waals surface area contributed by atoms with Crippen molar-refractivity contribution in [2.75, 3.05) is 62.3 Å². The Morgan fingerprint density at radius 1 is 0.905 bits per heavy atom. The van der Waals surface area contributed by atoms with Gasteiger partial charge in [-0.15, -0.1) is 0 Å². The third-order valence-electron chi connectivity index (χ3n) is 8.15. The van der Waals surface area contributed by atoms with Crippen molar-refractivity contribution in [1.29, 1.82) is 0 Å². The molecule has 0 bridgehead atoms. The van der Waals surface area contributed by atoms with Gasteiger partial charge in [0.25, 0.3) is 5.91 Å². The summed E-state index contributed by atoms with van der Waals surface area (Å²) < 4.78 is 5.44. The Morgan fingerprint density at radius 2 is 1.67 bits per heavy atom. The van der Waals surface area contributed by atoms with Crippen LogP contribution in [0.1, 0.15) is 40.7 Å². The quantitative estimate of drug-likeness (QED) is 0.440. The number of halogens is 1. The van der Waals surface area contributed by atoms with Crippen LogP contribution in [0.4, 0.5) is 11.6 Å². The molecule has 2 amide bonds. The van der Waals surface area contributed by atoms with Crippen molar-refractivity contribution in [2.24, 2.45) is 5.92 Å². The maximum Gasteiger partial charge on any atom is 0.257 e. The fraction of sp³-hybridized carbons (Fsp3) is 0.438. The highest BCUT2D eigenvalue weighted by molar-refractivity contribution is 6.31. The monoisotopic (exact) mass is 588 g/mol. The SMILES string of the molecule is O=C(c1cnc(N2CCOCC2)nc1)N1CCN(Cc2ccccc2)CCCN(C(=O)C2CC2)c2cc(Cl)ccc2C1. The van der Waals surface area contributed by atoms with E-state index < -0.39 is 0 Å². The summed E-state index contributed by atoms with van der Waals surface area (Å²) in [5.74, 6) is 0.693. The number of anilines is 2. The molecule has 1 saturated carbocycles. The zero-order valence-electron chi connectivity index (χ0n) is 23.8. The molecule has 2 aromatic carbocycles. The normalized spacial score (nSPS) is 18.7. The second kappa shape index (κ2) is 13.2. The molecule has 0 unspecified atom stereocenters. The number of hydrogen-bond acceptors (Lipinski definition) is 7. The Bertz CT molecular complexity index is 1380. The number of ether oxygens (including phenoxy) is 1. The minimum atomic E-state index is -0.136. The molecule has 2 fully saturated rings. The Morgan fingerprint density at radius 3 is 2.40 bits per heavy atom. The van der Waals surface area contributed by atoms with Gasteiger partial charge in [-0.2, -0.15) is 0 Å². The van der Waals surface area contributed by atoms with Crippen LogP contribution in [0.3, 0.4) is 0 Å². The number of aromatic nitrogens is 2. The lowest BCUT2D eigenvalue weighted by Crippen LogP contribution is -2.39. The summed E-state index contributed by atoms with van der Waals surface area (Å²) in [4.78, 5) is 44.8. The lowest BCUT2D eigenvalue weighted by atomic mass is 10.1. The molecule has 2 aliphatic heterocycles. The van der Waals surface area contributed by atoms with E-state index in [-0.39, 0.29) is 17.7 Å². The highest BCUT2D eigenvalue weighted by atomic mass is 35.5. The van der Waals surface area contributed by atoms with E-state index in [2.05, 4.69) is 44.0 Å². The van der Waals surface area contributed by atoms with E-state index in [0.29, 0.717) is 55.9 Å². The number of morpholine rings is 1. The van der Waals surface area contributed by atoms with E-state index in [4.69, 9.17) is 16.3 Å². The molecule has 220 valence electrons. The summed E-state index contributed by atoms with van der Waals surface area (Å²) in [7, 11) is 0. The van der Waals surface area contributed by atoms with Crippen LogP contribution >= 0.6 is 11.6 Å². The molecule has 9 nitrogen and oxygen atoms in total. The minimum absolute atomic E-state index is 0.0715. The number of rotatable bonds is 5. The van der Waals surface area contributed by atoms with E-state index in [1.807, 2.05) is 34.1 Å². The van der Waals surface area contributed by atoms with Gasteiger partial charge in [0.05, 0.1) is 24.5 Å². The van der Waals surface area contributed by atoms with Gasteiger partial charge in [-0.3, -0.25) is 14.5 Å². The van der Waals surface area contributed by atoms with Crippen molar-refractivity contribution < 1.29 is 14.3 Å². The van der Waals surface area contributed by atoms with E-state index in [1.54, 1.807) is 12.4 Å². The number of amides is 2. The lowest BCUT2D eigenvalue weighted by molar-refractivity contribution is -0.119. The predicted octanol–water partition coefficient (Wildman–Crippen LogP) is 4.26. The number of hydrogen-bond donors (Lipinski definition) is 0. The first kappa shape index (κ1) is 28.6. The number of benzene rings is 2. The Kier molecular flexibility index (Phi) is 8.98. The fourth-order valence-electron chi connectivity index (χ4n) is 5.65. The molecule has 1 aliphatic carbocycles. The second-order valence-electron chi connectivity index (χ2n) is 11.3. The number of carbonyl (C=O) groups is 2. The molecule has 1 saturated heterocycles. The van der Waals surface area contributed by atoms with E-state index in [0.717, 1.165) is 56.7 Å². The van der Waals surface area contributed by atoms with Crippen molar-refractivity contribution in [2.45, 2.75) is 32.4 Å². The molecule has 0 spiro atoms. The van der Waals surface area contributed by atoms with Gasteiger partial charge in [-0.05, 0) is 42.5 Å². The molecule has 0 atom stereocenters. The van der Waals surface area contributed by atoms with Crippen LogP contribution in [0, 0.1) is 5.92 Å². The Balaban J connectivity index is 1.29. The highest BCUT2D eigenvalue weighted by Crippen LogP contribution is 2.35. The third kappa shape index (κ3) is 6.91. The molecule has 3 aromatic rings. The van der Waals surface area contributed by atoms with E-state index in [1.165, 1.54) is 5.56 Å². The van der Waals surface area contributed by atoms with Crippen molar-refractivity contribution in [3.8, 4) is 0 Å². The largest absolute Gasteiger partial charge is 0.378 e. The number of fused-ring (bicyclic) bond motifs is 1. The van der Waals surface area contributed by atoms with Gasteiger partial charge in [-0.1, -0.05) is 48.0 Å². The summed E-state index contributed by atoms with van der Waals surface area (Å²) in [6.45, 7) is 6.50. The Hall–Kier alpha value is -3.53. The zero-order chi connectivity index (χ0) is 28.9. The molecule has 42 heavy (non-hydrogen) atoms. The van der Waals surface area contributed by atoms with Gasteiger partial charge in [-0.25, -0.2) is 9.97 Å². The molecule has 0 N–H and O–H groups in total. The molecular weight excluding hydrogens is 552 g/mol. The molecule has 10 heteroatoms. The lowest BCUT2D eigenvalue weighted by Gasteiger charge is -2.29. The van der Waals surface area contributed by atoms with Gasteiger partial charge < -0.3 is 19.4 Å². The molecule has 3 heterocycles. The standard InChI is InChI=1S/C32H37ClN6O3/c33-28-10-9-26-23-38(30(40)27-20-34-32(35-21-27)37-15-17-42-18-16-37)14-13-36(22-24-5-2-1-3-6-24)11-4-12-39(29(26)19-28)31(41)25-7-8-25/h1-3,5-6,9-10,19-21,25H,4,7-8,11-18,22-23H2. The zero-order valence-corrected chi connectivity index (χ0v) is 24.6. The van der Waals surface area contributed by atoms with Gasteiger partial charge in [0.15, 0.2) is 0 Å². The molecule has 1 aromatic heterocycles. The molecule has 0 radical (unpaired) electrons. The molecular formula is C32H37ClN6O3. The fourth-order valence-corrected chi connectivity index (χ4v) is 5.81. The molecule has 3 aliphatic rings. The summed E-state index contributed by atoms with van der Waals surface area (Å²) in [5, 5.41) is 0.577. The summed E-state index contributed by atoms with van der Waals surface area (Å²) in [6.07, 6.45) is 5.92. The van der Waals surface area contributed by atoms with Gasteiger partial charge >= 0.3 is 0 Å². The van der Waals surface area contributed by atoms with E-state index in [9.17, 15) is 9.59 Å². The van der Waals surface area contributed by atoms with Crippen LogP contribution in [0.25, 0.3) is 0 Å². The van der Waals surface area contributed by atoms with Crippen molar-refractivity contribution in [3.05, 3.63) is 82.6 Å². The second-order valence-corrected chi connectivity index (χ2v) is 11.7. The van der Waals surface area contributed by atoms with Crippen LogP contribution in [-0.2, 0) is 22.6 Å². The first-order valence-electron chi connectivity index (χ1n) is 14.9. The van der Waals surface area contributed by atoms with Crippen molar-refractivity contribution in [3.63, 3.8) is 0 Å². The average molecular weight is 589 g/mol. The van der Waals surface area contributed by atoms with Crippen LogP contribution in [0.15, 0.2) is 60.9 Å². The smallest absolute Gasteiger partial charge is 0.257 e. The maximum atomic E-state index is 14.0. The Labute approximate surface area is 252 Å². The van der Waals surface area contributed by atoms with Crippen molar-refractivity contribution >= 4 is 35.1 Å². The maximum absolute atomic E-state index is 14.0. The molecule has 6 rings (SSSR count). The van der Waals surface area contributed by atoms with Crippen molar-refractivity contribution in [1.82, 2.24) is 19.8 Å². The van der Waals surface area contributed by atoms with Crippen LogP contribution in [-0.4, -0.2) is 84.1 Å². The number of nitrogens with zero attached hydrogens (tertiary/aromatic N) is 6. The topological polar surface area (TPSA) is 82.1 Å². The first-order chi connectivity index (χ1) is 20.5. The predicted molar refractivity (Wildman–Crippen MR) is 163 cm³/mol.